The Bertz CT molecular complexity index is 1520. The van der Waals surface area contributed by atoms with E-state index in [9.17, 15) is 14.7 Å². The maximum absolute atomic E-state index is 13.5. The van der Waals surface area contributed by atoms with E-state index in [0.717, 1.165) is 26.9 Å². The van der Waals surface area contributed by atoms with Crippen molar-refractivity contribution in [1.82, 2.24) is 4.98 Å². The maximum atomic E-state index is 13.5. The second-order valence-electron chi connectivity index (χ2n) is 8.70. The Morgan fingerprint density at radius 2 is 1.71 bits per heavy atom. The lowest BCUT2D eigenvalue weighted by Crippen LogP contribution is -2.29. The Balaban J connectivity index is 1.77. The van der Waals surface area contributed by atoms with Gasteiger partial charge in [-0.15, -0.1) is 0 Å². The molecule has 2 heterocycles. The third-order valence-corrected chi connectivity index (χ3v) is 7.23. The molecule has 7 heteroatoms. The highest BCUT2D eigenvalue weighted by Gasteiger charge is 2.49. The lowest BCUT2D eigenvalue weighted by molar-refractivity contribution is -0.132. The first-order valence-corrected chi connectivity index (χ1v) is 12.0. The number of ether oxygens (including phenoxy) is 1. The van der Waals surface area contributed by atoms with Gasteiger partial charge < -0.3 is 9.84 Å². The second kappa shape index (κ2) is 8.67. The largest absolute Gasteiger partial charge is 0.507 e. The molecule has 1 aliphatic heterocycles. The lowest BCUT2D eigenvalue weighted by atomic mass is 9.94. The van der Waals surface area contributed by atoms with Crippen LogP contribution >= 0.6 is 11.3 Å². The molecule has 0 aliphatic carbocycles. The number of nitrogens with zero attached hydrogens (tertiary/aromatic N) is 2. The molecule has 176 valence electrons. The number of aliphatic hydroxyl groups is 1. The number of hydrogen-bond acceptors (Lipinski definition) is 6. The van der Waals surface area contributed by atoms with Crippen LogP contribution in [0.25, 0.3) is 16.0 Å². The zero-order valence-corrected chi connectivity index (χ0v) is 20.6. The SMILES string of the molecule is COc1ccccc1[C@@H]1C(=C(O)c2ccc(C)cc2)C(=O)C(=O)N1c1nc2c(C)cc(C)cc2s1. The van der Waals surface area contributed by atoms with Crippen molar-refractivity contribution in [3.05, 3.63) is 94.1 Å². The van der Waals surface area contributed by atoms with Gasteiger partial charge in [-0.05, 0) is 44.0 Å². The number of carbonyl (C=O) groups excluding carboxylic acids is 2. The van der Waals surface area contributed by atoms with Crippen molar-refractivity contribution in [3.8, 4) is 5.75 Å². The van der Waals surface area contributed by atoms with E-state index in [1.807, 2.05) is 57.2 Å². The molecule has 1 saturated heterocycles. The summed E-state index contributed by atoms with van der Waals surface area (Å²) in [5.41, 5.74) is 4.95. The van der Waals surface area contributed by atoms with Crippen molar-refractivity contribution in [2.45, 2.75) is 26.8 Å². The van der Waals surface area contributed by atoms with E-state index in [1.165, 1.54) is 23.3 Å². The quantitative estimate of drug-likeness (QED) is 0.223. The summed E-state index contributed by atoms with van der Waals surface area (Å²) >= 11 is 1.35. The van der Waals surface area contributed by atoms with Crippen LogP contribution in [0.2, 0.25) is 0 Å². The van der Waals surface area contributed by atoms with Gasteiger partial charge in [0.1, 0.15) is 17.6 Å². The molecule has 1 fully saturated rings. The van der Waals surface area contributed by atoms with Crippen LogP contribution < -0.4 is 9.64 Å². The molecule has 3 aromatic carbocycles. The highest BCUT2D eigenvalue weighted by Crippen LogP contribution is 2.46. The Kier molecular flexibility index (Phi) is 5.65. The number of thiazole rings is 1. The van der Waals surface area contributed by atoms with Gasteiger partial charge in [0.05, 0.1) is 22.9 Å². The number of para-hydroxylation sites is 1. The van der Waals surface area contributed by atoms with E-state index in [-0.39, 0.29) is 11.3 Å². The Morgan fingerprint density at radius 1 is 1.00 bits per heavy atom. The number of benzene rings is 3. The van der Waals surface area contributed by atoms with Gasteiger partial charge >= 0.3 is 5.91 Å². The van der Waals surface area contributed by atoms with E-state index in [2.05, 4.69) is 0 Å². The number of anilines is 1. The molecule has 35 heavy (non-hydrogen) atoms. The van der Waals surface area contributed by atoms with Crippen molar-refractivity contribution < 1.29 is 19.4 Å². The predicted octanol–water partition coefficient (Wildman–Crippen LogP) is 5.86. The molecule has 0 radical (unpaired) electrons. The summed E-state index contributed by atoms with van der Waals surface area (Å²) in [5.74, 6) is -1.21. The number of Topliss-reactive ketones (excluding diaryl/α,β-unsaturated/α-hetero) is 1. The summed E-state index contributed by atoms with van der Waals surface area (Å²) in [6.07, 6.45) is 0. The monoisotopic (exact) mass is 484 g/mol. The average molecular weight is 485 g/mol. The zero-order chi connectivity index (χ0) is 24.9. The molecule has 1 aromatic heterocycles. The fourth-order valence-electron chi connectivity index (χ4n) is 4.55. The van der Waals surface area contributed by atoms with Crippen molar-refractivity contribution in [2.24, 2.45) is 0 Å². The van der Waals surface area contributed by atoms with Crippen molar-refractivity contribution in [2.75, 3.05) is 12.0 Å². The van der Waals surface area contributed by atoms with Crippen molar-refractivity contribution >= 4 is 44.1 Å². The van der Waals surface area contributed by atoms with E-state index in [1.54, 1.807) is 24.3 Å². The highest BCUT2D eigenvalue weighted by atomic mass is 32.1. The molecule has 0 bridgehead atoms. The van der Waals surface area contributed by atoms with Gasteiger partial charge in [0.25, 0.3) is 5.78 Å². The van der Waals surface area contributed by atoms with Crippen LogP contribution in [0.4, 0.5) is 5.13 Å². The number of aryl methyl sites for hydroxylation is 3. The minimum Gasteiger partial charge on any atom is -0.507 e. The smallest absolute Gasteiger partial charge is 0.301 e. The van der Waals surface area contributed by atoms with Crippen LogP contribution in [0.15, 0.2) is 66.2 Å². The fraction of sp³-hybridized carbons (Fsp3) is 0.179. The maximum Gasteiger partial charge on any atom is 0.301 e. The van der Waals surface area contributed by atoms with Crippen molar-refractivity contribution in [1.29, 1.82) is 0 Å². The minimum absolute atomic E-state index is 0.00973. The van der Waals surface area contributed by atoms with Gasteiger partial charge in [-0.25, -0.2) is 4.98 Å². The number of methoxy groups -OCH3 is 1. The van der Waals surface area contributed by atoms with Gasteiger partial charge in [-0.1, -0.05) is 65.4 Å². The summed E-state index contributed by atoms with van der Waals surface area (Å²) in [5, 5.41) is 11.7. The fourth-order valence-corrected chi connectivity index (χ4v) is 5.71. The van der Waals surface area contributed by atoms with E-state index in [4.69, 9.17) is 9.72 Å². The summed E-state index contributed by atoms with van der Waals surface area (Å²) in [6.45, 7) is 5.92. The van der Waals surface area contributed by atoms with Gasteiger partial charge in [0, 0.05) is 11.1 Å². The van der Waals surface area contributed by atoms with Crippen LogP contribution in [-0.2, 0) is 9.59 Å². The average Bonchev–Trinajstić information content (AvgIpc) is 3.37. The number of ketones is 1. The lowest BCUT2D eigenvalue weighted by Gasteiger charge is -2.24. The van der Waals surface area contributed by atoms with E-state index in [0.29, 0.717) is 22.0 Å². The first-order valence-electron chi connectivity index (χ1n) is 11.2. The van der Waals surface area contributed by atoms with Crippen LogP contribution in [-0.4, -0.2) is 28.9 Å². The molecule has 0 spiro atoms. The molecule has 5 rings (SSSR count). The molecular weight excluding hydrogens is 460 g/mol. The van der Waals surface area contributed by atoms with E-state index >= 15 is 0 Å². The Morgan fingerprint density at radius 3 is 2.43 bits per heavy atom. The van der Waals surface area contributed by atoms with Crippen molar-refractivity contribution in [3.63, 3.8) is 0 Å². The minimum atomic E-state index is -0.894. The number of aromatic nitrogens is 1. The molecule has 0 unspecified atom stereocenters. The van der Waals surface area contributed by atoms with Crippen LogP contribution in [0.5, 0.6) is 5.75 Å². The molecule has 4 aromatic rings. The third-order valence-electron chi connectivity index (χ3n) is 6.23. The van der Waals surface area contributed by atoms with Gasteiger partial charge in [0.15, 0.2) is 5.13 Å². The predicted molar refractivity (Wildman–Crippen MR) is 138 cm³/mol. The van der Waals surface area contributed by atoms with Crippen LogP contribution in [0.1, 0.15) is 33.9 Å². The standard InChI is InChI=1S/C28H24N2O4S/c1-15-9-11-18(12-10-15)25(31)22-24(19-7-5-6-8-20(19)34-4)30(27(33)26(22)32)28-29-23-17(3)13-16(2)14-21(23)35-28/h5-14,24,31H,1-4H3/t24-/m1/s1. The normalized spacial score (nSPS) is 17.4. The Labute approximate surface area is 207 Å². The molecular formula is C28H24N2O4S. The first kappa shape index (κ1) is 22.8. The number of carbonyl (C=O) groups is 2. The summed E-state index contributed by atoms with van der Waals surface area (Å²) in [7, 11) is 1.54. The molecule has 6 nitrogen and oxygen atoms in total. The second-order valence-corrected chi connectivity index (χ2v) is 9.71. The third kappa shape index (κ3) is 3.78. The van der Waals surface area contributed by atoms with Gasteiger partial charge in [-0.3, -0.25) is 14.5 Å². The number of fused-ring (bicyclic) bond motifs is 1. The van der Waals surface area contributed by atoms with Crippen LogP contribution in [0, 0.1) is 20.8 Å². The number of aliphatic hydroxyl groups excluding tert-OH is 1. The first-order chi connectivity index (χ1) is 16.8. The zero-order valence-electron chi connectivity index (χ0n) is 19.8. The molecule has 1 aliphatic rings. The van der Waals surface area contributed by atoms with Gasteiger partial charge in [0.2, 0.25) is 0 Å². The molecule has 0 saturated carbocycles. The summed E-state index contributed by atoms with van der Waals surface area (Å²) < 4.78 is 6.51. The number of amides is 1. The van der Waals surface area contributed by atoms with Gasteiger partial charge in [-0.2, -0.15) is 0 Å². The summed E-state index contributed by atoms with van der Waals surface area (Å²) in [6, 6.07) is 17.5. The van der Waals surface area contributed by atoms with Crippen LogP contribution in [0.3, 0.4) is 0 Å². The number of hydrogen-bond donors (Lipinski definition) is 1. The van der Waals surface area contributed by atoms with E-state index < -0.39 is 17.7 Å². The topological polar surface area (TPSA) is 79.7 Å². The number of rotatable bonds is 4. The Hall–Kier alpha value is -3.97. The summed E-state index contributed by atoms with van der Waals surface area (Å²) in [4.78, 5) is 33.0. The molecule has 1 amide bonds. The highest BCUT2D eigenvalue weighted by molar-refractivity contribution is 7.22. The molecule has 1 atom stereocenters. The molecule has 1 N–H and O–H groups in total.